The normalized spacial score (nSPS) is 10.6. The van der Waals surface area contributed by atoms with E-state index in [1.54, 1.807) is 16.9 Å². The van der Waals surface area contributed by atoms with Crippen molar-refractivity contribution in [1.29, 1.82) is 0 Å². The van der Waals surface area contributed by atoms with E-state index in [0.717, 1.165) is 22.2 Å². The number of amides is 2. The molecule has 0 aliphatic carbocycles. The van der Waals surface area contributed by atoms with E-state index < -0.39 is 5.91 Å². The number of carbonyl (C=O) groups is 2. The number of fused-ring (bicyclic) bond motifs is 1. The molecular formula is C22H19N5O2. The number of pyridine rings is 1. The van der Waals surface area contributed by atoms with E-state index in [1.807, 2.05) is 66.9 Å². The molecule has 0 atom stereocenters. The molecule has 2 N–H and O–H groups in total. The summed E-state index contributed by atoms with van der Waals surface area (Å²) in [6.45, 7) is 0. The first kappa shape index (κ1) is 18.4. The molecule has 0 spiro atoms. The number of nitrogens with one attached hydrogen (secondary N) is 2. The number of hydrogen-bond donors (Lipinski definition) is 2. The Bertz CT molecular complexity index is 1150. The van der Waals surface area contributed by atoms with Crippen LogP contribution in [0, 0.1) is 0 Å². The average molecular weight is 385 g/mol. The highest BCUT2D eigenvalue weighted by Gasteiger charge is 2.10. The lowest BCUT2D eigenvalue weighted by Gasteiger charge is -2.07. The summed E-state index contributed by atoms with van der Waals surface area (Å²) >= 11 is 0. The van der Waals surface area contributed by atoms with Crippen molar-refractivity contribution >= 4 is 22.7 Å². The molecule has 2 heterocycles. The summed E-state index contributed by atoms with van der Waals surface area (Å²) in [5, 5.41) is 5.26. The predicted octanol–water partition coefficient (Wildman–Crippen LogP) is 2.81. The Morgan fingerprint density at radius 3 is 2.55 bits per heavy atom. The lowest BCUT2D eigenvalue weighted by Crippen LogP contribution is -2.42. The maximum Gasteiger partial charge on any atom is 0.288 e. The van der Waals surface area contributed by atoms with Crippen LogP contribution in [0.4, 0.5) is 0 Å². The van der Waals surface area contributed by atoms with Gasteiger partial charge in [0.25, 0.3) is 5.91 Å². The number of nitrogens with zero attached hydrogens (tertiary/aromatic N) is 3. The van der Waals surface area contributed by atoms with E-state index in [-0.39, 0.29) is 18.0 Å². The second-order valence-electron chi connectivity index (χ2n) is 6.52. The van der Waals surface area contributed by atoms with Gasteiger partial charge in [0, 0.05) is 18.0 Å². The first-order chi connectivity index (χ1) is 14.2. The number of benzene rings is 2. The van der Waals surface area contributed by atoms with Crippen LogP contribution in [0.5, 0.6) is 0 Å². The maximum atomic E-state index is 12.2. The Labute approximate surface area is 167 Å². The van der Waals surface area contributed by atoms with E-state index in [4.69, 9.17) is 0 Å². The minimum atomic E-state index is -0.457. The zero-order valence-corrected chi connectivity index (χ0v) is 15.6. The van der Waals surface area contributed by atoms with Gasteiger partial charge < -0.3 is 0 Å². The lowest BCUT2D eigenvalue weighted by atomic mass is 10.2. The number of aryl methyl sites for hydroxylation is 1. The van der Waals surface area contributed by atoms with Crippen molar-refractivity contribution in [2.24, 2.45) is 0 Å². The molecule has 0 aliphatic heterocycles. The third-order valence-electron chi connectivity index (χ3n) is 4.44. The molecule has 4 rings (SSSR count). The first-order valence-electron chi connectivity index (χ1n) is 9.23. The molecule has 2 aromatic heterocycles. The molecule has 7 nitrogen and oxygen atoms in total. The van der Waals surface area contributed by atoms with Crippen molar-refractivity contribution in [3.63, 3.8) is 0 Å². The molecular weight excluding hydrogens is 366 g/mol. The molecule has 0 saturated carbocycles. The number of aromatic nitrogens is 3. The van der Waals surface area contributed by atoms with Crippen LogP contribution in [0.2, 0.25) is 0 Å². The maximum absolute atomic E-state index is 12.2. The molecule has 7 heteroatoms. The Kier molecular flexibility index (Phi) is 5.29. The van der Waals surface area contributed by atoms with Gasteiger partial charge in [-0.3, -0.25) is 20.4 Å². The number of hydrazine groups is 1. The summed E-state index contributed by atoms with van der Waals surface area (Å²) in [6, 6.07) is 20.7. The second-order valence-corrected chi connectivity index (χ2v) is 6.52. The van der Waals surface area contributed by atoms with Crippen LogP contribution in [0.3, 0.4) is 0 Å². The van der Waals surface area contributed by atoms with E-state index in [9.17, 15) is 9.59 Å². The molecule has 29 heavy (non-hydrogen) atoms. The van der Waals surface area contributed by atoms with Gasteiger partial charge >= 0.3 is 0 Å². The Balaban J connectivity index is 1.28. The van der Waals surface area contributed by atoms with Crippen molar-refractivity contribution in [3.8, 4) is 5.69 Å². The second kappa shape index (κ2) is 8.35. The van der Waals surface area contributed by atoms with Gasteiger partial charge in [-0.2, -0.15) is 5.10 Å². The smallest absolute Gasteiger partial charge is 0.273 e. The monoisotopic (exact) mass is 385 g/mol. The van der Waals surface area contributed by atoms with Crippen molar-refractivity contribution in [3.05, 3.63) is 90.4 Å². The first-order valence-corrected chi connectivity index (χ1v) is 9.23. The quantitative estimate of drug-likeness (QED) is 0.517. The Morgan fingerprint density at radius 1 is 0.897 bits per heavy atom. The van der Waals surface area contributed by atoms with Gasteiger partial charge in [0.1, 0.15) is 5.69 Å². The number of hydrogen-bond acceptors (Lipinski definition) is 4. The summed E-state index contributed by atoms with van der Waals surface area (Å²) in [7, 11) is 0. The fourth-order valence-electron chi connectivity index (χ4n) is 2.91. The highest BCUT2D eigenvalue weighted by Crippen LogP contribution is 2.12. The molecule has 2 amide bonds. The zero-order chi connectivity index (χ0) is 20.1. The summed E-state index contributed by atoms with van der Waals surface area (Å²) in [6.07, 6.45) is 4.37. The molecule has 0 bridgehead atoms. The van der Waals surface area contributed by atoms with Crippen LogP contribution in [0.15, 0.2) is 79.1 Å². The Hall–Kier alpha value is -4.00. The van der Waals surface area contributed by atoms with Crippen LogP contribution in [0.1, 0.15) is 22.5 Å². The van der Waals surface area contributed by atoms with Gasteiger partial charge in [0.15, 0.2) is 0 Å². The fourth-order valence-corrected chi connectivity index (χ4v) is 2.91. The number of rotatable bonds is 5. The fraction of sp³-hybridized carbons (Fsp3) is 0.0909. The molecule has 2 aromatic carbocycles. The highest BCUT2D eigenvalue weighted by atomic mass is 16.2. The molecule has 4 aromatic rings. The van der Waals surface area contributed by atoms with Crippen LogP contribution >= 0.6 is 0 Å². The summed E-state index contributed by atoms with van der Waals surface area (Å²) in [5.74, 6) is -0.743. The topological polar surface area (TPSA) is 88.9 Å². The minimum Gasteiger partial charge on any atom is -0.273 e. The van der Waals surface area contributed by atoms with E-state index in [1.165, 1.54) is 0 Å². The SMILES string of the molecule is O=C(CCc1cnn(-c2ccccc2)c1)NNC(=O)c1ccc2ccccc2n1. The molecule has 0 aliphatic rings. The number of carbonyl (C=O) groups excluding carboxylic acids is 2. The van der Waals surface area contributed by atoms with Crippen LogP contribution < -0.4 is 10.9 Å². The van der Waals surface area contributed by atoms with Crippen LogP contribution in [-0.2, 0) is 11.2 Å². The minimum absolute atomic E-state index is 0.228. The van der Waals surface area contributed by atoms with Gasteiger partial charge in [-0.15, -0.1) is 0 Å². The third kappa shape index (κ3) is 4.47. The lowest BCUT2D eigenvalue weighted by molar-refractivity contribution is -0.121. The Morgan fingerprint density at radius 2 is 1.69 bits per heavy atom. The predicted molar refractivity (Wildman–Crippen MR) is 109 cm³/mol. The standard InChI is InChI=1S/C22H19N5O2/c28-21(13-10-16-14-23-27(15-16)18-7-2-1-3-8-18)25-26-22(29)20-12-11-17-6-4-5-9-19(17)24-20/h1-9,11-12,14-15H,10,13H2,(H,25,28)(H,26,29). The van der Waals surface area contributed by atoms with E-state index >= 15 is 0 Å². The van der Waals surface area contributed by atoms with Crippen LogP contribution in [0.25, 0.3) is 16.6 Å². The average Bonchev–Trinajstić information content (AvgIpc) is 3.25. The van der Waals surface area contributed by atoms with E-state index in [0.29, 0.717) is 6.42 Å². The van der Waals surface area contributed by atoms with Crippen molar-refractivity contribution < 1.29 is 9.59 Å². The third-order valence-corrected chi connectivity index (χ3v) is 4.44. The van der Waals surface area contributed by atoms with Gasteiger partial charge in [-0.25, -0.2) is 9.67 Å². The summed E-state index contributed by atoms with van der Waals surface area (Å²) in [5.41, 5.74) is 7.70. The summed E-state index contributed by atoms with van der Waals surface area (Å²) < 4.78 is 1.76. The highest BCUT2D eigenvalue weighted by molar-refractivity contribution is 5.95. The van der Waals surface area contributed by atoms with Gasteiger partial charge in [-0.05, 0) is 36.2 Å². The van der Waals surface area contributed by atoms with Gasteiger partial charge in [0.05, 0.1) is 17.4 Å². The molecule has 0 unspecified atom stereocenters. The molecule has 0 fully saturated rings. The molecule has 0 radical (unpaired) electrons. The van der Waals surface area contributed by atoms with Crippen LogP contribution in [-0.4, -0.2) is 26.6 Å². The van der Waals surface area contributed by atoms with E-state index in [2.05, 4.69) is 20.9 Å². The van der Waals surface area contributed by atoms with Crippen molar-refractivity contribution in [2.75, 3.05) is 0 Å². The molecule has 144 valence electrons. The zero-order valence-electron chi connectivity index (χ0n) is 15.6. The van der Waals surface area contributed by atoms with Crippen molar-refractivity contribution in [1.82, 2.24) is 25.6 Å². The largest absolute Gasteiger partial charge is 0.288 e. The summed E-state index contributed by atoms with van der Waals surface area (Å²) in [4.78, 5) is 28.6. The molecule has 0 saturated heterocycles. The number of para-hydroxylation sites is 2. The van der Waals surface area contributed by atoms with Crippen molar-refractivity contribution in [2.45, 2.75) is 12.8 Å². The van der Waals surface area contributed by atoms with Gasteiger partial charge in [0.2, 0.25) is 5.91 Å². The van der Waals surface area contributed by atoms with Gasteiger partial charge in [-0.1, -0.05) is 42.5 Å².